The van der Waals surface area contributed by atoms with Crippen molar-refractivity contribution in [1.29, 1.82) is 5.26 Å². The van der Waals surface area contributed by atoms with Crippen LogP contribution in [-0.4, -0.2) is 6.29 Å². The molecule has 3 aromatic rings. The molecule has 0 unspecified atom stereocenters. The van der Waals surface area contributed by atoms with Crippen LogP contribution in [0.15, 0.2) is 72.8 Å². The Morgan fingerprint density at radius 1 is 0.696 bits per heavy atom. The van der Waals surface area contributed by atoms with Crippen molar-refractivity contribution in [2.24, 2.45) is 0 Å². The summed E-state index contributed by atoms with van der Waals surface area (Å²) in [6.07, 6.45) is 2.50. The highest BCUT2D eigenvalue weighted by atomic mass is 16.5. The highest BCUT2D eigenvalue weighted by Gasteiger charge is 2.01. The molecule has 0 aliphatic rings. The molecule has 3 nitrogen and oxygen atoms in total. The Kier molecular flexibility index (Phi) is 4.17. The Labute approximate surface area is 134 Å². The molecule has 0 atom stereocenters. The Morgan fingerprint density at radius 2 is 1.09 bits per heavy atom. The van der Waals surface area contributed by atoms with Crippen LogP contribution in [-0.2, 0) is 0 Å². The summed E-state index contributed by atoms with van der Waals surface area (Å²) in [5.41, 5.74) is 4.97. The van der Waals surface area contributed by atoms with Crippen molar-refractivity contribution < 1.29 is 9.53 Å². The number of nitrogens with zero attached hydrogens (tertiary/aromatic N) is 1. The van der Waals surface area contributed by atoms with Crippen LogP contribution in [0.3, 0.4) is 0 Å². The fourth-order valence-electron chi connectivity index (χ4n) is 2.38. The van der Waals surface area contributed by atoms with Gasteiger partial charge >= 0.3 is 0 Å². The third-order valence-corrected chi connectivity index (χ3v) is 3.62. The molecule has 0 radical (unpaired) electrons. The normalized spacial score (nSPS) is 9.87. The highest BCUT2D eigenvalue weighted by molar-refractivity contribution is 5.77. The van der Waals surface area contributed by atoms with E-state index in [0.29, 0.717) is 11.3 Å². The predicted octanol–water partition coefficient (Wildman–Crippen LogP) is 4.69. The Hall–Kier alpha value is -3.38. The van der Waals surface area contributed by atoms with Gasteiger partial charge in [0.05, 0.1) is 0 Å². The molecule has 0 heterocycles. The van der Waals surface area contributed by atoms with E-state index in [2.05, 4.69) is 0 Å². The molecule has 0 spiro atoms. The maximum absolute atomic E-state index is 10.7. The molecular weight excluding hydrogens is 286 g/mol. The summed E-state index contributed by atoms with van der Waals surface area (Å²) in [4.78, 5) is 10.7. The van der Waals surface area contributed by atoms with Crippen LogP contribution in [0.4, 0.5) is 0 Å². The van der Waals surface area contributed by atoms with E-state index in [1.54, 1.807) is 18.4 Å². The lowest BCUT2D eigenvalue weighted by Gasteiger charge is -2.06. The van der Waals surface area contributed by atoms with E-state index in [9.17, 15) is 4.79 Å². The average Bonchev–Trinajstić information content (AvgIpc) is 2.63. The summed E-state index contributed by atoms with van der Waals surface area (Å²) >= 11 is 0. The van der Waals surface area contributed by atoms with Crippen molar-refractivity contribution in [1.82, 2.24) is 0 Å². The smallest absolute Gasteiger partial charge is 0.292 e. The van der Waals surface area contributed by atoms with Crippen molar-refractivity contribution in [3.05, 3.63) is 78.4 Å². The van der Waals surface area contributed by atoms with Gasteiger partial charge in [-0.3, -0.25) is 4.79 Å². The zero-order valence-corrected chi connectivity index (χ0v) is 12.3. The number of nitriles is 1. The van der Waals surface area contributed by atoms with Gasteiger partial charge in [0.1, 0.15) is 12.0 Å². The average molecular weight is 299 g/mol. The van der Waals surface area contributed by atoms with Gasteiger partial charge in [0.25, 0.3) is 6.26 Å². The molecule has 3 heteroatoms. The number of hydrogen-bond donors (Lipinski definition) is 0. The van der Waals surface area contributed by atoms with Gasteiger partial charge < -0.3 is 4.74 Å². The van der Waals surface area contributed by atoms with Gasteiger partial charge in [0, 0.05) is 5.56 Å². The van der Waals surface area contributed by atoms with E-state index in [-0.39, 0.29) is 0 Å². The van der Waals surface area contributed by atoms with Crippen molar-refractivity contribution in [2.75, 3.05) is 0 Å². The van der Waals surface area contributed by atoms with Gasteiger partial charge in [0.15, 0.2) is 0 Å². The molecule has 23 heavy (non-hydrogen) atoms. The third kappa shape index (κ3) is 3.28. The van der Waals surface area contributed by atoms with Gasteiger partial charge in [-0.25, -0.2) is 0 Å². The van der Waals surface area contributed by atoms with E-state index in [0.717, 1.165) is 28.5 Å². The van der Waals surface area contributed by atoms with Crippen molar-refractivity contribution >= 4 is 6.29 Å². The molecule has 3 rings (SSSR count). The zero-order chi connectivity index (χ0) is 16.1. The van der Waals surface area contributed by atoms with Gasteiger partial charge in [-0.05, 0) is 34.4 Å². The monoisotopic (exact) mass is 299 g/mol. The molecule has 0 N–H and O–H groups in total. The Morgan fingerprint density at radius 3 is 1.48 bits per heavy atom. The van der Waals surface area contributed by atoms with Crippen LogP contribution in [0.2, 0.25) is 0 Å². The van der Waals surface area contributed by atoms with Gasteiger partial charge in [-0.15, -0.1) is 5.26 Å². The number of ether oxygens (including phenoxy) is 1. The highest BCUT2D eigenvalue weighted by Crippen LogP contribution is 2.26. The predicted molar refractivity (Wildman–Crippen MR) is 88.9 cm³/mol. The van der Waals surface area contributed by atoms with E-state index < -0.39 is 0 Å². The number of aldehydes is 1. The fraction of sp³-hybridized carbons (Fsp3) is 0. The maximum Gasteiger partial charge on any atom is 0.292 e. The molecule has 0 aliphatic carbocycles. The van der Waals surface area contributed by atoms with Crippen LogP contribution < -0.4 is 4.74 Å². The van der Waals surface area contributed by atoms with E-state index in [1.165, 1.54) is 0 Å². The summed E-state index contributed by atoms with van der Waals surface area (Å²) < 4.78 is 4.77. The first kappa shape index (κ1) is 14.6. The molecule has 0 amide bonds. The summed E-state index contributed by atoms with van der Waals surface area (Å²) in [5.74, 6) is 0.531. The summed E-state index contributed by atoms with van der Waals surface area (Å²) in [7, 11) is 0. The second-order valence-electron chi connectivity index (χ2n) is 5.03. The van der Waals surface area contributed by atoms with Crippen LogP contribution in [0.1, 0.15) is 10.4 Å². The summed E-state index contributed by atoms with van der Waals surface area (Å²) in [6.45, 7) is 0. The molecular formula is C20H13NO2. The van der Waals surface area contributed by atoms with Crippen molar-refractivity contribution in [2.45, 2.75) is 0 Å². The number of benzene rings is 3. The number of rotatable bonds is 4. The zero-order valence-electron chi connectivity index (χ0n) is 12.3. The SMILES string of the molecule is N#COc1ccc(-c2ccc(-c3ccc(C=O)cc3)cc2)cc1. The van der Waals surface area contributed by atoms with Crippen LogP contribution in [0.5, 0.6) is 5.75 Å². The molecule has 0 bridgehead atoms. The van der Waals surface area contributed by atoms with Crippen molar-refractivity contribution in [3.8, 4) is 34.3 Å². The lowest BCUT2D eigenvalue weighted by atomic mass is 10.00. The first-order chi connectivity index (χ1) is 11.3. The third-order valence-electron chi connectivity index (χ3n) is 3.62. The maximum atomic E-state index is 10.7. The van der Waals surface area contributed by atoms with E-state index in [1.807, 2.05) is 60.7 Å². The molecule has 3 aromatic carbocycles. The number of carbonyl (C=O) groups is 1. The minimum Gasteiger partial charge on any atom is -0.388 e. The Balaban J connectivity index is 1.83. The second kappa shape index (κ2) is 6.59. The number of carbonyl (C=O) groups excluding carboxylic acids is 1. The standard InChI is InChI=1S/C20H13NO2/c21-14-23-20-11-9-19(10-12-20)18-7-5-17(6-8-18)16-3-1-15(13-22)2-4-16/h1-13H. The molecule has 0 aromatic heterocycles. The topological polar surface area (TPSA) is 50.1 Å². The molecule has 0 saturated heterocycles. The summed E-state index contributed by atoms with van der Waals surface area (Å²) in [6, 6.07) is 23.0. The largest absolute Gasteiger partial charge is 0.388 e. The molecule has 110 valence electrons. The first-order valence-corrected chi connectivity index (χ1v) is 7.12. The van der Waals surface area contributed by atoms with Gasteiger partial charge in [-0.1, -0.05) is 60.7 Å². The van der Waals surface area contributed by atoms with Crippen LogP contribution >= 0.6 is 0 Å². The van der Waals surface area contributed by atoms with Gasteiger partial charge in [-0.2, -0.15) is 0 Å². The fourth-order valence-corrected chi connectivity index (χ4v) is 2.38. The minimum atomic E-state index is 0.531. The molecule has 0 fully saturated rings. The lowest BCUT2D eigenvalue weighted by Crippen LogP contribution is -1.84. The number of hydrogen-bond acceptors (Lipinski definition) is 3. The second-order valence-corrected chi connectivity index (χ2v) is 5.03. The molecule has 0 saturated carbocycles. The van der Waals surface area contributed by atoms with Crippen LogP contribution in [0, 0.1) is 11.5 Å². The van der Waals surface area contributed by atoms with Crippen molar-refractivity contribution in [3.63, 3.8) is 0 Å². The van der Waals surface area contributed by atoms with Gasteiger partial charge in [0.2, 0.25) is 0 Å². The first-order valence-electron chi connectivity index (χ1n) is 7.12. The lowest BCUT2D eigenvalue weighted by molar-refractivity contribution is 0.112. The van der Waals surface area contributed by atoms with E-state index >= 15 is 0 Å². The van der Waals surface area contributed by atoms with E-state index in [4.69, 9.17) is 10.00 Å². The molecule has 0 aliphatic heterocycles. The summed E-state index contributed by atoms with van der Waals surface area (Å²) in [5, 5.41) is 8.49. The van der Waals surface area contributed by atoms with Crippen LogP contribution in [0.25, 0.3) is 22.3 Å². The minimum absolute atomic E-state index is 0.531. The quantitative estimate of drug-likeness (QED) is 0.518. The Bertz CT molecular complexity index is 842.